The fourth-order valence-electron chi connectivity index (χ4n) is 5.14. The van der Waals surface area contributed by atoms with E-state index in [0.717, 1.165) is 45.0 Å². The summed E-state index contributed by atoms with van der Waals surface area (Å²) in [6.45, 7) is 4.68. The number of oxime groups is 1. The molecule has 2 fully saturated rings. The average molecular weight is 556 g/mol. The largest absolute Gasteiger partial charge is 0.393 e. The quantitative estimate of drug-likeness (QED) is 0.380. The van der Waals surface area contributed by atoms with Gasteiger partial charge in [-0.05, 0) is 52.9 Å². The van der Waals surface area contributed by atoms with Crippen molar-refractivity contribution in [2.45, 2.75) is 57.7 Å². The van der Waals surface area contributed by atoms with E-state index in [4.69, 9.17) is 4.84 Å². The van der Waals surface area contributed by atoms with Crippen molar-refractivity contribution in [1.29, 1.82) is 0 Å². The van der Waals surface area contributed by atoms with Gasteiger partial charge in [0.1, 0.15) is 18.5 Å². The van der Waals surface area contributed by atoms with Crippen LogP contribution in [0.25, 0.3) is 10.6 Å². The lowest BCUT2D eigenvalue weighted by Gasteiger charge is -2.35. The number of rotatable bonds is 9. The molecule has 38 heavy (non-hydrogen) atoms. The fraction of sp³-hybridized carbons (Fsp3) is 0.500. The normalized spacial score (nSPS) is 20.8. The van der Waals surface area contributed by atoms with Crippen molar-refractivity contribution in [1.82, 2.24) is 24.8 Å². The van der Waals surface area contributed by atoms with Crippen LogP contribution >= 0.6 is 22.7 Å². The highest BCUT2D eigenvalue weighted by molar-refractivity contribution is 7.16. The molecule has 5 rings (SSSR count). The van der Waals surface area contributed by atoms with Gasteiger partial charge in [-0.1, -0.05) is 5.16 Å². The standard InChI is InChI=1S/C26H33N7O3S2/c1-15-24(38-16(2)28-15)22-14-37-26(29-22)30-23-8-5-17(11-27-23)25(35)33-19-6-7-20(33)10-18(9-19)31-36-13-21(34)12-32(3)4/h5,8,11,14,19-21,34H,6-7,9-10,12-13H2,1-4H3,(H,27,29,30)/t19-,20+,21?. The first-order valence-electron chi connectivity index (χ1n) is 12.7. The number of aliphatic hydroxyl groups excluding tert-OH is 1. The van der Waals surface area contributed by atoms with Gasteiger partial charge in [0.05, 0.1) is 32.5 Å². The summed E-state index contributed by atoms with van der Waals surface area (Å²) in [6.07, 6.45) is 4.36. The molecule has 3 atom stereocenters. The minimum atomic E-state index is -0.581. The molecule has 10 nitrogen and oxygen atoms in total. The van der Waals surface area contributed by atoms with Crippen molar-refractivity contribution in [3.63, 3.8) is 0 Å². The molecule has 5 heterocycles. The van der Waals surface area contributed by atoms with Crippen LogP contribution in [0.2, 0.25) is 0 Å². The third-order valence-electron chi connectivity index (χ3n) is 6.72. The topological polar surface area (TPSA) is 116 Å². The number of likely N-dealkylation sites (N-methyl/N-ethyl adjacent to an activating group) is 1. The summed E-state index contributed by atoms with van der Waals surface area (Å²) < 4.78 is 0. The van der Waals surface area contributed by atoms with Crippen molar-refractivity contribution < 1.29 is 14.7 Å². The minimum absolute atomic E-state index is 0.00509. The van der Waals surface area contributed by atoms with Crippen LogP contribution in [-0.4, -0.2) is 86.9 Å². The summed E-state index contributed by atoms with van der Waals surface area (Å²) in [4.78, 5) is 37.4. The number of carbonyl (C=O) groups excluding carboxylic acids is 1. The van der Waals surface area contributed by atoms with Crippen LogP contribution in [0.4, 0.5) is 10.9 Å². The first-order valence-corrected chi connectivity index (χ1v) is 14.4. The van der Waals surface area contributed by atoms with Gasteiger partial charge in [0.25, 0.3) is 5.91 Å². The maximum atomic E-state index is 13.4. The molecule has 2 aliphatic heterocycles. The Morgan fingerprint density at radius 1 is 1.26 bits per heavy atom. The molecule has 3 aromatic heterocycles. The van der Waals surface area contributed by atoms with Crippen LogP contribution in [0.3, 0.4) is 0 Å². The zero-order chi connectivity index (χ0) is 26.8. The zero-order valence-electron chi connectivity index (χ0n) is 22.0. The molecular weight excluding hydrogens is 522 g/mol. The number of aryl methyl sites for hydroxylation is 2. The maximum Gasteiger partial charge on any atom is 0.255 e. The SMILES string of the molecule is Cc1nc(C)c(-c2csc(Nc3ccc(C(=O)N4[C@@H]5CC[C@H]4CC(=NOCC(O)CN(C)C)C5)cn3)n2)s1. The van der Waals surface area contributed by atoms with Crippen LogP contribution in [0.15, 0.2) is 28.9 Å². The van der Waals surface area contributed by atoms with Gasteiger partial charge < -0.3 is 25.1 Å². The Kier molecular flexibility index (Phi) is 8.03. The molecule has 2 aliphatic rings. The van der Waals surface area contributed by atoms with Crippen LogP contribution < -0.4 is 5.32 Å². The number of hydrogen-bond acceptors (Lipinski definition) is 11. The van der Waals surface area contributed by atoms with Crippen LogP contribution in [-0.2, 0) is 4.84 Å². The van der Waals surface area contributed by atoms with Crippen LogP contribution in [0.5, 0.6) is 0 Å². The second-order valence-electron chi connectivity index (χ2n) is 10.1. The Balaban J connectivity index is 1.17. The molecule has 3 aromatic rings. The number of nitrogens with zero attached hydrogens (tertiary/aromatic N) is 6. The number of amides is 1. The third-order valence-corrected chi connectivity index (χ3v) is 8.57. The Bertz CT molecular complexity index is 1290. The Morgan fingerprint density at radius 2 is 2.03 bits per heavy atom. The van der Waals surface area contributed by atoms with Gasteiger partial charge in [-0.15, -0.1) is 22.7 Å². The molecule has 0 aliphatic carbocycles. The minimum Gasteiger partial charge on any atom is -0.393 e. The van der Waals surface area contributed by atoms with E-state index in [1.54, 1.807) is 17.5 Å². The van der Waals surface area contributed by atoms with Gasteiger partial charge in [-0.3, -0.25) is 4.79 Å². The van der Waals surface area contributed by atoms with E-state index in [1.807, 2.05) is 55.3 Å². The van der Waals surface area contributed by atoms with Crippen molar-refractivity contribution in [2.75, 3.05) is 32.6 Å². The number of aromatic nitrogens is 3. The molecule has 2 bridgehead atoms. The number of aliphatic hydroxyl groups is 1. The molecule has 2 saturated heterocycles. The van der Waals surface area contributed by atoms with Gasteiger partial charge in [0.2, 0.25) is 0 Å². The van der Waals surface area contributed by atoms with Gasteiger partial charge in [-0.2, -0.15) is 0 Å². The number of piperidine rings is 1. The van der Waals surface area contributed by atoms with Gasteiger partial charge >= 0.3 is 0 Å². The zero-order valence-corrected chi connectivity index (χ0v) is 23.7. The van der Waals surface area contributed by atoms with Crippen molar-refractivity contribution in [3.05, 3.63) is 40.0 Å². The van der Waals surface area contributed by atoms with Gasteiger partial charge in [0.15, 0.2) is 5.13 Å². The van der Waals surface area contributed by atoms with Crippen LogP contribution in [0.1, 0.15) is 46.7 Å². The van der Waals surface area contributed by atoms with E-state index in [-0.39, 0.29) is 24.6 Å². The number of carbonyl (C=O) groups is 1. The summed E-state index contributed by atoms with van der Waals surface area (Å²) in [6, 6.07) is 3.87. The number of fused-ring (bicyclic) bond motifs is 2. The van der Waals surface area contributed by atoms with Crippen molar-refractivity contribution in [3.8, 4) is 10.6 Å². The van der Waals surface area contributed by atoms with E-state index in [1.165, 1.54) is 11.3 Å². The lowest BCUT2D eigenvalue weighted by atomic mass is 9.99. The highest BCUT2D eigenvalue weighted by Gasteiger charge is 2.42. The highest BCUT2D eigenvalue weighted by atomic mass is 32.1. The Labute approximate surface area is 230 Å². The number of hydrogen-bond donors (Lipinski definition) is 2. The number of thiazole rings is 2. The molecule has 2 N–H and O–H groups in total. The Morgan fingerprint density at radius 3 is 2.66 bits per heavy atom. The van der Waals surface area contributed by atoms with E-state index in [9.17, 15) is 9.90 Å². The summed E-state index contributed by atoms with van der Waals surface area (Å²) in [7, 11) is 3.81. The second-order valence-corrected chi connectivity index (χ2v) is 12.2. The summed E-state index contributed by atoms with van der Waals surface area (Å²) in [5, 5.41) is 21.3. The number of nitrogens with one attached hydrogen (secondary N) is 1. The molecule has 0 radical (unpaired) electrons. The molecule has 1 amide bonds. The molecule has 1 unspecified atom stereocenters. The van der Waals surface area contributed by atoms with E-state index < -0.39 is 6.10 Å². The van der Waals surface area contributed by atoms with E-state index >= 15 is 0 Å². The van der Waals surface area contributed by atoms with E-state index in [2.05, 4.69) is 25.4 Å². The van der Waals surface area contributed by atoms with Crippen LogP contribution in [0, 0.1) is 13.8 Å². The summed E-state index contributed by atoms with van der Waals surface area (Å²) >= 11 is 3.15. The monoisotopic (exact) mass is 555 g/mol. The predicted molar refractivity (Wildman–Crippen MR) is 150 cm³/mol. The van der Waals surface area contributed by atoms with E-state index in [0.29, 0.717) is 30.8 Å². The molecule has 0 aromatic carbocycles. The number of anilines is 2. The lowest BCUT2D eigenvalue weighted by molar-refractivity contribution is 0.0256. The third kappa shape index (κ3) is 6.04. The fourth-order valence-corrected chi connectivity index (χ4v) is 6.80. The maximum absolute atomic E-state index is 13.4. The molecule has 202 valence electrons. The molecule has 12 heteroatoms. The second kappa shape index (κ2) is 11.4. The average Bonchev–Trinajstić information content (AvgIpc) is 3.54. The van der Waals surface area contributed by atoms with Crippen molar-refractivity contribution >= 4 is 45.2 Å². The molecular formula is C26H33N7O3S2. The van der Waals surface area contributed by atoms with Gasteiger partial charge in [0, 0.05) is 43.0 Å². The lowest BCUT2D eigenvalue weighted by Crippen LogP contribution is -2.46. The Hall–Kier alpha value is -2.93. The first kappa shape index (κ1) is 26.7. The van der Waals surface area contributed by atoms with Gasteiger partial charge in [-0.25, -0.2) is 15.0 Å². The predicted octanol–water partition coefficient (Wildman–Crippen LogP) is 4.08. The summed E-state index contributed by atoms with van der Waals surface area (Å²) in [5.41, 5.74) is 3.43. The smallest absolute Gasteiger partial charge is 0.255 e. The summed E-state index contributed by atoms with van der Waals surface area (Å²) in [5.74, 6) is 0.648. The molecule has 0 spiro atoms. The number of pyridine rings is 1. The first-order chi connectivity index (χ1) is 18.3. The van der Waals surface area contributed by atoms with Crippen molar-refractivity contribution in [2.24, 2.45) is 5.16 Å². The highest BCUT2D eigenvalue weighted by Crippen LogP contribution is 2.36. The molecule has 0 saturated carbocycles.